The molecule has 0 radical (unpaired) electrons. The number of carbonyl (C=O) groups is 3. The Hall–Kier alpha value is -1.85. The Kier molecular flexibility index (Phi) is 63.1. The first-order valence-corrected chi connectivity index (χ1v) is 34.2. The average molecular weight is 1060 g/mol. The maximum atomic E-state index is 12.9. The predicted molar refractivity (Wildman–Crippen MR) is 326 cm³/mol. The topological polar surface area (TPSA) is 78.9 Å². The Morgan fingerprint density at radius 2 is 0.440 bits per heavy atom. The molecule has 75 heavy (non-hydrogen) atoms. The number of allylic oxidation sites excluding steroid dienone is 2. The van der Waals surface area contributed by atoms with Gasteiger partial charge in [0.1, 0.15) is 13.2 Å². The molecule has 444 valence electrons. The number of unbranched alkanes of at least 4 members (excludes halogenated alkanes) is 51. The van der Waals surface area contributed by atoms with Crippen molar-refractivity contribution in [1.82, 2.24) is 0 Å². The number of carbonyl (C=O) groups excluding carboxylic acids is 3. The highest BCUT2D eigenvalue weighted by atomic mass is 16.6. The second kappa shape index (κ2) is 64.7. The summed E-state index contributed by atoms with van der Waals surface area (Å²) < 4.78 is 17.0. The molecule has 0 aliphatic rings. The summed E-state index contributed by atoms with van der Waals surface area (Å²) in [6.45, 7) is 6.73. The Balaban J connectivity index is 4.29. The van der Waals surface area contributed by atoms with Gasteiger partial charge in [-0.3, -0.25) is 14.4 Å². The van der Waals surface area contributed by atoms with E-state index < -0.39 is 6.10 Å². The quantitative estimate of drug-likeness (QED) is 0.0261. The van der Waals surface area contributed by atoms with Crippen LogP contribution in [0.15, 0.2) is 12.2 Å². The third kappa shape index (κ3) is 62.9. The average Bonchev–Trinajstić information content (AvgIpc) is 3.41. The van der Waals surface area contributed by atoms with Crippen LogP contribution < -0.4 is 0 Å². The monoisotopic (exact) mass is 1060 g/mol. The summed E-state index contributed by atoms with van der Waals surface area (Å²) in [4.78, 5) is 38.4. The van der Waals surface area contributed by atoms with E-state index in [9.17, 15) is 14.4 Å². The van der Waals surface area contributed by atoms with E-state index in [2.05, 4.69) is 32.9 Å². The molecular weight excluding hydrogens is 925 g/mol. The summed E-state index contributed by atoms with van der Waals surface area (Å²) in [5.74, 6) is -0.830. The molecule has 1 unspecified atom stereocenters. The van der Waals surface area contributed by atoms with E-state index in [-0.39, 0.29) is 31.1 Å². The zero-order valence-electron chi connectivity index (χ0n) is 51.1. The van der Waals surface area contributed by atoms with Gasteiger partial charge in [0.05, 0.1) is 0 Å². The summed E-state index contributed by atoms with van der Waals surface area (Å²) in [5.41, 5.74) is 0. The number of rotatable bonds is 64. The predicted octanol–water partition coefficient (Wildman–Crippen LogP) is 23.2. The van der Waals surface area contributed by atoms with E-state index in [4.69, 9.17) is 14.2 Å². The molecule has 0 spiro atoms. The van der Waals surface area contributed by atoms with Crippen molar-refractivity contribution in [3.05, 3.63) is 12.2 Å². The Labute approximate surface area is 469 Å². The van der Waals surface area contributed by atoms with Gasteiger partial charge in [-0.25, -0.2) is 0 Å². The third-order valence-corrected chi connectivity index (χ3v) is 15.8. The van der Waals surface area contributed by atoms with E-state index in [1.165, 1.54) is 295 Å². The van der Waals surface area contributed by atoms with E-state index >= 15 is 0 Å². The molecule has 1 atom stereocenters. The Morgan fingerprint density at radius 1 is 0.253 bits per heavy atom. The van der Waals surface area contributed by atoms with Crippen molar-refractivity contribution in [1.29, 1.82) is 0 Å². The second-order valence-electron chi connectivity index (χ2n) is 23.5. The molecule has 0 aromatic rings. The van der Waals surface area contributed by atoms with Gasteiger partial charge in [0.2, 0.25) is 0 Å². The van der Waals surface area contributed by atoms with Crippen molar-refractivity contribution in [2.45, 2.75) is 399 Å². The van der Waals surface area contributed by atoms with Crippen LogP contribution in [-0.4, -0.2) is 37.2 Å². The summed E-state index contributed by atoms with van der Waals surface area (Å²) in [5, 5.41) is 0. The van der Waals surface area contributed by atoms with Crippen LogP contribution in [-0.2, 0) is 28.6 Å². The van der Waals surface area contributed by atoms with E-state index in [0.29, 0.717) is 19.3 Å². The van der Waals surface area contributed by atoms with Crippen LogP contribution in [0.5, 0.6) is 0 Å². The molecule has 0 N–H and O–H groups in total. The smallest absolute Gasteiger partial charge is 0.306 e. The van der Waals surface area contributed by atoms with E-state index in [1.807, 2.05) is 0 Å². The van der Waals surface area contributed by atoms with Gasteiger partial charge in [0, 0.05) is 19.3 Å². The summed E-state index contributed by atoms with van der Waals surface area (Å²) >= 11 is 0. The maximum absolute atomic E-state index is 12.9. The zero-order chi connectivity index (χ0) is 54.3. The van der Waals surface area contributed by atoms with Crippen molar-refractivity contribution in [3.63, 3.8) is 0 Å². The van der Waals surface area contributed by atoms with Crippen LogP contribution >= 0.6 is 0 Å². The van der Waals surface area contributed by atoms with Crippen molar-refractivity contribution in [2.75, 3.05) is 13.2 Å². The lowest BCUT2D eigenvalue weighted by Crippen LogP contribution is -2.30. The van der Waals surface area contributed by atoms with Gasteiger partial charge >= 0.3 is 17.9 Å². The first-order valence-electron chi connectivity index (χ1n) is 34.2. The molecule has 0 aliphatic heterocycles. The van der Waals surface area contributed by atoms with Crippen LogP contribution in [0.4, 0.5) is 0 Å². The molecule has 6 nitrogen and oxygen atoms in total. The van der Waals surface area contributed by atoms with Crippen LogP contribution in [0.3, 0.4) is 0 Å². The molecule has 0 saturated heterocycles. The molecule has 0 aromatic carbocycles. The molecule has 0 fully saturated rings. The summed E-state index contributed by atoms with van der Waals surface area (Å²) in [6.07, 6.45) is 76.5. The van der Waals surface area contributed by atoms with Gasteiger partial charge in [-0.15, -0.1) is 0 Å². The summed E-state index contributed by atoms with van der Waals surface area (Å²) in [6, 6.07) is 0. The van der Waals surface area contributed by atoms with Crippen LogP contribution in [0.2, 0.25) is 0 Å². The highest BCUT2D eigenvalue weighted by Gasteiger charge is 2.19. The van der Waals surface area contributed by atoms with Crippen molar-refractivity contribution in [2.24, 2.45) is 0 Å². The Morgan fingerprint density at radius 3 is 0.667 bits per heavy atom. The highest BCUT2D eigenvalue weighted by Crippen LogP contribution is 2.19. The number of hydrogen-bond acceptors (Lipinski definition) is 6. The lowest BCUT2D eigenvalue weighted by atomic mass is 10.0. The molecule has 6 heteroatoms. The number of esters is 3. The van der Waals surface area contributed by atoms with E-state index in [1.54, 1.807) is 0 Å². The minimum atomic E-state index is -0.767. The van der Waals surface area contributed by atoms with Crippen LogP contribution in [0.25, 0.3) is 0 Å². The highest BCUT2D eigenvalue weighted by molar-refractivity contribution is 5.71. The third-order valence-electron chi connectivity index (χ3n) is 15.8. The molecule has 0 rings (SSSR count). The summed E-state index contributed by atoms with van der Waals surface area (Å²) in [7, 11) is 0. The molecule has 0 amide bonds. The van der Waals surface area contributed by atoms with Gasteiger partial charge in [0.15, 0.2) is 6.10 Å². The minimum absolute atomic E-state index is 0.0634. The minimum Gasteiger partial charge on any atom is -0.462 e. The molecule has 0 bridgehead atoms. The first kappa shape index (κ1) is 73.2. The SMILES string of the molecule is CCCCCCCCCC/C=C\CCCCCCCCCCCC(=O)OCC(COC(=O)CCCCCCCCCCCCCCCCCCC)OC(=O)CCCCCCCCCCCCCCCCCCCCC. The fourth-order valence-corrected chi connectivity index (χ4v) is 10.6. The van der Waals surface area contributed by atoms with Gasteiger partial charge in [-0.05, 0) is 44.9 Å². The van der Waals surface area contributed by atoms with Gasteiger partial charge in [-0.1, -0.05) is 341 Å². The molecule has 0 saturated carbocycles. The first-order chi connectivity index (χ1) is 37.0. The number of ether oxygens (including phenoxy) is 3. The largest absolute Gasteiger partial charge is 0.462 e. The molecule has 0 aromatic heterocycles. The molecular formula is C69H132O6. The van der Waals surface area contributed by atoms with Crippen molar-refractivity contribution < 1.29 is 28.6 Å². The molecule has 0 heterocycles. The van der Waals surface area contributed by atoms with E-state index in [0.717, 1.165) is 57.8 Å². The standard InChI is InChI=1S/C69H132O6/c1-4-7-10-13-16-19-22-25-28-31-33-34-36-38-41-44-47-50-53-56-59-62-68(71)74-65-66(64-73-67(70)61-58-55-52-49-46-43-40-37-30-27-24-21-18-15-12-9-6-3)75-69(72)63-60-57-54-51-48-45-42-39-35-32-29-26-23-20-17-14-11-8-5-2/h31,33,66H,4-30,32,34-65H2,1-3H3/b33-31-. The van der Waals surface area contributed by atoms with Gasteiger partial charge in [0.25, 0.3) is 0 Å². The van der Waals surface area contributed by atoms with Crippen LogP contribution in [0.1, 0.15) is 393 Å². The normalized spacial score (nSPS) is 12.0. The van der Waals surface area contributed by atoms with Crippen molar-refractivity contribution >= 4 is 17.9 Å². The maximum Gasteiger partial charge on any atom is 0.306 e. The molecule has 0 aliphatic carbocycles. The second-order valence-corrected chi connectivity index (χ2v) is 23.5. The van der Waals surface area contributed by atoms with Crippen molar-refractivity contribution in [3.8, 4) is 0 Å². The lowest BCUT2D eigenvalue weighted by molar-refractivity contribution is -0.167. The fraction of sp³-hybridized carbons (Fsp3) is 0.928. The Bertz CT molecular complexity index is 1170. The van der Waals surface area contributed by atoms with Gasteiger partial charge in [-0.2, -0.15) is 0 Å². The zero-order valence-corrected chi connectivity index (χ0v) is 51.1. The number of hydrogen-bond donors (Lipinski definition) is 0. The van der Waals surface area contributed by atoms with Gasteiger partial charge < -0.3 is 14.2 Å². The lowest BCUT2D eigenvalue weighted by Gasteiger charge is -2.18. The fourth-order valence-electron chi connectivity index (χ4n) is 10.6. The van der Waals surface area contributed by atoms with Crippen LogP contribution in [0, 0.1) is 0 Å².